The molecule has 3 unspecified atom stereocenters. The van der Waals surface area contributed by atoms with Crippen molar-refractivity contribution in [3.63, 3.8) is 0 Å². The number of nitrogens with one attached hydrogen (secondary N) is 1. The summed E-state index contributed by atoms with van der Waals surface area (Å²) in [7, 11) is 2.18. The predicted molar refractivity (Wildman–Crippen MR) is 65.9 cm³/mol. The molecule has 88 valence electrons. The maximum Gasteiger partial charge on any atom is 0.0121 e. The fraction of sp³-hybridized carbons (Fsp3) is 1.00. The molecular weight excluding hydrogens is 182 g/mol. The normalized spacial score (nSPS) is 34.8. The van der Waals surface area contributed by atoms with Gasteiger partial charge in [-0.3, -0.25) is 0 Å². The first kappa shape index (κ1) is 11.4. The Bertz CT molecular complexity index is 186. The fourth-order valence-electron chi connectivity index (χ4n) is 3.68. The van der Waals surface area contributed by atoms with Crippen LogP contribution in [0.25, 0.3) is 0 Å². The molecule has 0 aromatic heterocycles. The summed E-state index contributed by atoms with van der Waals surface area (Å²) in [5.74, 6) is 3.02. The van der Waals surface area contributed by atoms with E-state index in [1.165, 1.54) is 51.4 Å². The topological polar surface area (TPSA) is 12.0 Å². The first-order chi connectivity index (χ1) is 7.35. The molecule has 0 aromatic rings. The van der Waals surface area contributed by atoms with Crippen molar-refractivity contribution in [1.82, 2.24) is 5.32 Å². The molecule has 2 aliphatic rings. The van der Waals surface area contributed by atoms with Gasteiger partial charge in [-0.25, -0.2) is 0 Å². The summed E-state index contributed by atoms with van der Waals surface area (Å²) in [6.07, 6.45) is 11.8. The smallest absolute Gasteiger partial charge is 0.0121 e. The van der Waals surface area contributed by atoms with Gasteiger partial charge in [0.05, 0.1) is 0 Å². The van der Waals surface area contributed by atoms with Crippen LogP contribution in [0.3, 0.4) is 0 Å². The standard InChI is InChI=1S/C14H27N/c1-3-11-6-4-9-13(10-11)14(15-2)12-7-5-8-12/h11-15H,3-10H2,1-2H3. The van der Waals surface area contributed by atoms with E-state index in [4.69, 9.17) is 0 Å². The summed E-state index contributed by atoms with van der Waals surface area (Å²) in [6.45, 7) is 2.37. The van der Waals surface area contributed by atoms with Crippen molar-refractivity contribution >= 4 is 0 Å². The summed E-state index contributed by atoms with van der Waals surface area (Å²) >= 11 is 0. The van der Waals surface area contributed by atoms with Crippen molar-refractivity contribution in [2.75, 3.05) is 7.05 Å². The minimum absolute atomic E-state index is 0.841. The van der Waals surface area contributed by atoms with Crippen LogP contribution in [0, 0.1) is 17.8 Å². The van der Waals surface area contributed by atoms with Gasteiger partial charge in [0.1, 0.15) is 0 Å². The Balaban J connectivity index is 1.88. The summed E-state index contributed by atoms with van der Waals surface area (Å²) in [6, 6.07) is 0.841. The van der Waals surface area contributed by atoms with Gasteiger partial charge in [0.2, 0.25) is 0 Å². The molecule has 0 amide bonds. The highest BCUT2D eigenvalue weighted by Crippen LogP contribution is 2.39. The van der Waals surface area contributed by atoms with Gasteiger partial charge in [0, 0.05) is 6.04 Å². The van der Waals surface area contributed by atoms with E-state index >= 15 is 0 Å². The van der Waals surface area contributed by atoms with E-state index in [-0.39, 0.29) is 0 Å². The minimum Gasteiger partial charge on any atom is -0.316 e. The Morgan fingerprint density at radius 1 is 1.07 bits per heavy atom. The molecule has 15 heavy (non-hydrogen) atoms. The highest BCUT2D eigenvalue weighted by atomic mass is 14.9. The van der Waals surface area contributed by atoms with Gasteiger partial charge in [-0.15, -0.1) is 0 Å². The quantitative estimate of drug-likeness (QED) is 0.746. The summed E-state index contributed by atoms with van der Waals surface area (Å²) in [4.78, 5) is 0. The van der Waals surface area contributed by atoms with E-state index in [0.717, 1.165) is 23.8 Å². The molecule has 0 spiro atoms. The number of hydrogen-bond donors (Lipinski definition) is 1. The third-order valence-electron chi connectivity index (χ3n) is 4.90. The Morgan fingerprint density at radius 2 is 1.73 bits per heavy atom. The molecule has 2 aliphatic carbocycles. The van der Waals surface area contributed by atoms with Crippen molar-refractivity contribution in [1.29, 1.82) is 0 Å². The van der Waals surface area contributed by atoms with Gasteiger partial charge >= 0.3 is 0 Å². The lowest BCUT2D eigenvalue weighted by Crippen LogP contribution is -2.44. The lowest BCUT2D eigenvalue weighted by atomic mass is 9.68. The van der Waals surface area contributed by atoms with Gasteiger partial charge in [-0.05, 0) is 50.5 Å². The molecule has 2 saturated carbocycles. The van der Waals surface area contributed by atoms with Crippen LogP contribution in [0.5, 0.6) is 0 Å². The van der Waals surface area contributed by atoms with Crippen LogP contribution in [0.15, 0.2) is 0 Å². The number of hydrogen-bond acceptors (Lipinski definition) is 1. The second kappa shape index (κ2) is 5.34. The average molecular weight is 209 g/mol. The number of rotatable bonds is 4. The van der Waals surface area contributed by atoms with Gasteiger partial charge < -0.3 is 5.32 Å². The van der Waals surface area contributed by atoms with Crippen LogP contribution < -0.4 is 5.32 Å². The zero-order valence-electron chi connectivity index (χ0n) is 10.5. The summed E-state index contributed by atoms with van der Waals surface area (Å²) in [5.41, 5.74) is 0. The van der Waals surface area contributed by atoms with Crippen LogP contribution in [0.4, 0.5) is 0 Å². The van der Waals surface area contributed by atoms with Gasteiger partial charge in [-0.1, -0.05) is 32.6 Å². The third-order valence-corrected chi connectivity index (χ3v) is 4.90. The minimum atomic E-state index is 0.841. The van der Waals surface area contributed by atoms with E-state index in [9.17, 15) is 0 Å². The lowest BCUT2D eigenvalue weighted by Gasteiger charge is -2.42. The Hall–Kier alpha value is -0.0400. The SMILES string of the molecule is CCC1CCCC(C(NC)C2CCC2)C1. The lowest BCUT2D eigenvalue weighted by molar-refractivity contribution is 0.130. The molecule has 0 aliphatic heterocycles. The third kappa shape index (κ3) is 2.55. The van der Waals surface area contributed by atoms with Crippen molar-refractivity contribution in [2.24, 2.45) is 17.8 Å². The molecule has 1 N–H and O–H groups in total. The molecule has 2 fully saturated rings. The summed E-state index contributed by atoms with van der Waals surface area (Å²) < 4.78 is 0. The van der Waals surface area contributed by atoms with Crippen molar-refractivity contribution in [3.05, 3.63) is 0 Å². The fourth-order valence-corrected chi connectivity index (χ4v) is 3.68. The Kier molecular flexibility index (Phi) is 4.07. The van der Waals surface area contributed by atoms with E-state index in [1.807, 2.05) is 0 Å². The first-order valence-electron chi connectivity index (χ1n) is 7.02. The second-order valence-corrected chi connectivity index (χ2v) is 5.71. The first-order valence-corrected chi connectivity index (χ1v) is 7.02. The van der Waals surface area contributed by atoms with Crippen LogP contribution in [0.2, 0.25) is 0 Å². The van der Waals surface area contributed by atoms with Crippen LogP contribution >= 0.6 is 0 Å². The highest BCUT2D eigenvalue weighted by molar-refractivity contribution is 4.89. The molecule has 1 heteroatoms. The van der Waals surface area contributed by atoms with E-state index in [1.54, 1.807) is 0 Å². The zero-order chi connectivity index (χ0) is 10.7. The molecule has 1 nitrogen and oxygen atoms in total. The van der Waals surface area contributed by atoms with Crippen LogP contribution in [0.1, 0.15) is 58.3 Å². The van der Waals surface area contributed by atoms with Crippen molar-refractivity contribution in [3.8, 4) is 0 Å². The molecule has 0 aromatic carbocycles. The van der Waals surface area contributed by atoms with Gasteiger partial charge in [-0.2, -0.15) is 0 Å². The average Bonchev–Trinajstić information content (AvgIpc) is 2.23. The van der Waals surface area contributed by atoms with Crippen LogP contribution in [-0.2, 0) is 0 Å². The molecule has 0 radical (unpaired) electrons. The largest absolute Gasteiger partial charge is 0.316 e. The maximum atomic E-state index is 3.62. The predicted octanol–water partition coefficient (Wildman–Crippen LogP) is 3.59. The molecule has 0 bridgehead atoms. The van der Waals surface area contributed by atoms with Crippen molar-refractivity contribution < 1.29 is 0 Å². The highest BCUT2D eigenvalue weighted by Gasteiger charge is 2.34. The van der Waals surface area contributed by atoms with E-state index in [2.05, 4.69) is 19.3 Å². The Labute approximate surface area is 95.0 Å². The second-order valence-electron chi connectivity index (χ2n) is 5.71. The van der Waals surface area contributed by atoms with E-state index in [0.29, 0.717) is 0 Å². The van der Waals surface area contributed by atoms with Gasteiger partial charge in [0.25, 0.3) is 0 Å². The van der Waals surface area contributed by atoms with Crippen molar-refractivity contribution in [2.45, 2.75) is 64.3 Å². The molecular formula is C14H27N. The zero-order valence-corrected chi connectivity index (χ0v) is 10.5. The summed E-state index contributed by atoms with van der Waals surface area (Å²) in [5, 5.41) is 3.62. The van der Waals surface area contributed by atoms with Crippen LogP contribution in [-0.4, -0.2) is 13.1 Å². The van der Waals surface area contributed by atoms with E-state index < -0.39 is 0 Å². The maximum absolute atomic E-state index is 3.62. The molecule has 3 atom stereocenters. The van der Waals surface area contributed by atoms with Gasteiger partial charge in [0.15, 0.2) is 0 Å². The molecule has 2 rings (SSSR count). The molecule has 0 heterocycles. The molecule has 0 saturated heterocycles. The Morgan fingerprint density at radius 3 is 2.27 bits per heavy atom. The monoisotopic (exact) mass is 209 g/mol.